The summed E-state index contributed by atoms with van der Waals surface area (Å²) in [7, 11) is 0. The van der Waals surface area contributed by atoms with Crippen LogP contribution in [-0.4, -0.2) is 57.2 Å². The van der Waals surface area contributed by atoms with E-state index in [1.807, 2.05) is 6.07 Å². The van der Waals surface area contributed by atoms with Crippen molar-refractivity contribution < 1.29 is 9.18 Å². The minimum Gasteiger partial charge on any atom is -0.368 e. The number of piperazine rings is 1. The van der Waals surface area contributed by atoms with E-state index in [4.69, 9.17) is 17.2 Å². The third-order valence-electron chi connectivity index (χ3n) is 6.40. The number of halogens is 1. The zero-order chi connectivity index (χ0) is 25.2. The van der Waals surface area contributed by atoms with Gasteiger partial charge in [0, 0.05) is 44.6 Å². The first-order valence-corrected chi connectivity index (χ1v) is 13.2. The van der Waals surface area contributed by atoms with Crippen LogP contribution in [0.4, 0.5) is 15.9 Å². The molecule has 0 aliphatic carbocycles. The van der Waals surface area contributed by atoms with Crippen molar-refractivity contribution >= 4 is 57.4 Å². The monoisotopic (exact) mass is 523 g/mol. The van der Waals surface area contributed by atoms with Crippen molar-refractivity contribution in [1.82, 2.24) is 14.3 Å². The molecule has 0 saturated carbocycles. The molecule has 0 N–H and O–H groups in total. The van der Waals surface area contributed by atoms with E-state index in [-0.39, 0.29) is 17.3 Å². The number of hydrogen-bond acceptors (Lipinski definition) is 7. The maximum absolute atomic E-state index is 13.6. The Kier molecular flexibility index (Phi) is 7.06. The molecule has 10 heteroatoms. The molecule has 5 rings (SSSR count). The molecule has 1 aromatic carbocycles. The maximum Gasteiger partial charge on any atom is 0.267 e. The summed E-state index contributed by atoms with van der Waals surface area (Å²) in [4.78, 5) is 37.8. The average Bonchev–Trinajstić information content (AvgIpc) is 3.16. The molecule has 0 spiro atoms. The molecule has 3 aromatic rings. The number of hydrogen-bond donors (Lipinski definition) is 0. The van der Waals surface area contributed by atoms with Crippen molar-refractivity contribution in [3.63, 3.8) is 0 Å². The molecule has 36 heavy (non-hydrogen) atoms. The zero-order valence-corrected chi connectivity index (χ0v) is 21.5. The number of carbonyl (C=O) groups is 1. The third-order valence-corrected chi connectivity index (χ3v) is 7.78. The lowest BCUT2D eigenvalue weighted by atomic mass is 10.2. The van der Waals surface area contributed by atoms with Crippen LogP contribution in [-0.2, 0) is 4.79 Å². The van der Waals surface area contributed by atoms with Crippen molar-refractivity contribution in [2.24, 2.45) is 0 Å². The summed E-state index contributed by atoms with van der Waals surface area (Å²) in [6, 6.07) is 11.9. The number of rotatable bonds is 6. The van der Waals surface area contributed by atoms with E-state index in [1.54, 1.807) is 41.4 Å². The summed E-state index contributed by atoms with van der Waals surface area (Å²) in [6.45, 7) is 5.29. The third kappa shape index (κ3) is 4.75. The van der Waals surface area contributed by atoms with Gasteiger partial charge in [0.25, 0.3) is 11.5 Å². The number of thiocarbonyl (C=S) groups is 1. The highest BCUT2D eigenvalue weighted by atomic mass is 32.2. The van der Waals surface area contributed by atoms with Crippen molar-refractivity contribution in [1.29, 1.82) is 0 Å². The summed E-state index contributed by atoms with van der Waals surface area (Å²) in [5, 5.41) is 0. The Morgan fingerprint density at radius 1 is 1.06 bits per heavy atom. The van der Waals surface area contributed by atoms with Gasteiger partial charge in [0.1, 0.15) is 21.6 Å². The fraction of sp³-hybridized carbons (Fsp3) is 0.308. The summed E-state index contributed by atoms with van der Waals surface area (Å²) in [6.07, 6.45) is 5.16. The predicted molar refractivity (Wildman–Crippen MR) is 147 cm³/mol. The van der Waals surface area contributed by atoms with Gasteiger partial charge in [0.15, 0.2) is 0 Å². The van der Waals surface area contributed by atoms with Crippen LogP contribution >= 0.6 is 24.0 Å². The number of fused-ring (bicyclic) bond motifs is 1. The molecule has 2 saturated heterocycles. The van der Waals surface area contributed by atoms with Gasteiger partial charge in [-0.1, -0.05) is 43.4 Å². The molecule has 0 unspecified atom stereocenters. The molecule has 1 amide bonds. The quantitative estimate of drug-likeness (QED) is 0.355. The minimum atomic E-state index is -0.261. The normalized spacial score (nSPS) is 17.6. The molecule has 0 radical (unpaired) electrons. The van der Waals surface area contributed by atoms with Crippen LogP contribution in [0.5, 0.6) is 0 Å². The Hall–Kier alpha value is -3.24. The molecule has 2 aromatic heterocycles. The summed E-state index contributed by atoms with van der Waals surface area (Å²) < 4.78 is 15.4. The van der Waals surface area contributed by atoms with Gasteiger partial charge >= 0.3 is 0 Å². The lowest BCUT2D eigenvalue weighted by Gasteiger charge is -2.37. The Morgan fingerprint density at radius 2 is 1.78 bits per heavy atom. The molecule has 0 atom stereocenters. The van der Waals surface area contributed by atoms with Crippen LogP contribution < -0.4 is 15.4 Å². The molecule has 186 valence electrons. The molecular formula is C26H26FN5O2S2. The molecule has 7 nitrogen and oxygen atoms in total. The first-order valence-electron chi connectivity index (χ1n) is 12.0. The van der Waals surface area contributed by atoms with E-state index < -0.39 is 0 Å². The van der Waals surface area contributed by atoms with E-state index in [1.165, 1.54) is 28.3 Å². The summed E-state index contributed by atoms with van der Waals surface area (Å²) >= 11 is 6.68. The smallest absolute Gasteiger partial charge is 0.267 e. The molecule has 0 bridgehead atoms. The van der Waals surface area contributed by atoms with Crippen molar-refractivity contribution in [2.45, 2.75) is 19.8 Å². The fourth-order valence-corrected chi connectivity index (χ4v) is 5.72. The number of pyridine rings is 1. The van der Waals surface area contributed by atoms with Crippen molar-refractivity contribution in [2.75, 3.05) is 42.5 Å². The maximum atomic E-state index is 13.6. The zero-order valence-electron chi connectivity index (χ0n) is 19.9. The van der Waals surface area contributed by atoms with E-state index in [0.29, 0.717) is 59.0 Å². The Morgan fingerprint density at radius 3 is 2.50 bits per heavy atom. The van der Waals surface area contributed by atoms with Gasteiger partial charge < -0.3 is 9.80 Å². The number of aromatic nitrogens is 2. The number of benzene rings is 1. The van der Waals surface area contributed by atoms with Crippen molar-refractivity contribution in [3.05, 3.63) is 75.3 Å². The number of thioether (sulfide) groups is 1. The van der Waals surface area contributed by atoms with E-state index >= 15 is 0 Å². The minimum absolute atomic E-state index is 0.164. The van der Waals surface area contributed by atoms with Crippen LogP contribution in [0.15, 0.2) is 58.4 Å². The van der Waals surface area contributed by atoms with Crippen LogP contribution in [0.2, 0.25) is 0 Å². The highest BCUT2D eigenvalue weighted by molar-refractivity contribution is 8.26. The van der Waals surface area contributed by atoms with Gasteiger partial charge in [0.2, 0.25) is 0 Å². The lowest BCUT2D eigenvalue weighted by Crippen LogP contribution is -2.47. The fourth-order valence-electron chi connectivity index (χ4n) is 4.43. The Bertz CT molecular complexity index is 1400. The van der Waals surface area contributed by atoms with E-state index in [9.17, 15) is 14.0 Å². The first kappa shape index (κ1) is 24.5. The number of nitrogens with zero attached hydrogens (tertiary/aromatic N) is 5. The number of anilines is 2. The summed E-state index contributed by atoms with van der Waals surface area (Å²) in [5.74, 6) is 0.134. The van der Waals surface area contributed by atoms with Gasteiger partial charge in [-0.3, -0.25) is 18.9 Å². The Labute approximate surface area is 218 Å². The van der Waals surface area contributed by atoms with Crippen LogP contribution in [0, 0.1) is 5.82 Å². The summed E-state index contributed by atoms with van der Waals surface area (Å²) in [5.41, 5.74) is 1.66. The van der Waals surface area contributed by atoms with Gasteiger partial charge in [-0.25, -0.2) is 9.37 Å². The molecule has 2 fully saturated rings. The first-order chi connectivity index (χ1) is 17.5. The highest BCUT2D eigenvalue weighted by Gasteiger charge is 2.32. The second kappa shape index (κ2) is 10.4. The lowest BCUT2D eigenvalue weighted by molar-refractivity contribution is -0.122. The average molecular weight is 524 g/mol. The largest absolute Gasteiger partial charge is 0.368 e. The highest BCUT2D eigenvalue weighted by Crippen LogP contribution is 2.34. The molecular weight excluding hydrogens is 497 g/mol. The number of carbonyl (C=O) groups excluding carboxylic acids is 1. The molecule has 2 aliphatic rings. The SMILES string of the molecule is CCCCN1C(=O)C(=Cc2c(N3CCN(c4ccc(F)cc4)CC3)nc3ccccn3c2=O)SC1=S. The second-order valence-corrected chi connectivity index (χ2v) is 10.4. The predicted octanol–water partition coefficient (Wildman–Crippen LogP) is 4.16. The topological polar surface area (TPSA) is 61.2 Å². The number of unbranched alkanes of at least 4 members (excludes halogenated alkanes) is 1. The van der Waals surface area contributed by atoms with E-state index in [0.717, 1.165) is 18.5 Å². The van der Waals surface area contributed by atoms with Crippen molar-refractivity contribution in [3.8, 4) is 0 Å². The van der Waals surface area contributed by atoms with Crippen LogP contribution in [0.25, 0.3) is 11.7 Å². The van der Waals surface area contributed by atoms with E-state index in [2.05, 4.69) is 16.7 Å². The van der Waals surface area contributed by atoms with Crippen LogP contribution in [0.1, 0.15) is 25.3 Å². The van der Waals surface area contributed by atoms with Crippen LogP contribution in [0.3, 0.4) is 0 Å². The Balaban J connectivity index is 1.49. The molecule has 4 heterocycles. The standard InChI is InChI=1S/C26H26FN5O2S2/c1-2-3-11-32-25(34)21(36-26(32)35)17-20-23(28-22-6-4-5-12-31(22)24(20)33)30-15-13-29(14-16-30)19-9-7-18(27)8-10-19/h4-10,12,17H,2-3,11,13-16H2,1H3. The molecule has 2 aliphatic heterocycles. The van der Waals surface area contributed by atoms with Gasteiger partial charge in [0.05, 0.1) is 10.5 Å². The number of amides is 1. The van der Waals surface area contributed by atoms with Gasteiger partial charge in [-0.05, 0) is 48.9 Å². The van der Waals surface area contributed by atoms with Gasteiger partial charge in [-0.15, -0.1) is 0 Å². The second-order valence-electron chi connectivity index (χ2n) is 8.72. The van der Waals surface area contributed by atoms with Gasteiger partial charge in [-0.2, -0.15) is 0 Å².